The molecule has 0 unspecified atom stereocenters. The minimum Gasteiger partial charge on any atom is -0.481 e. The van der Waals surface area contributed by atoms with E-state index in [1.807, 2.05) is 13.8 Å². The number of carbonyl (C=O) groups is 2. The van der Waals surface area contributed by atoms with E-state index in [0.717, 1.165) is 0 Å². The van der Waals surface area contributed by atoms with E-state index in [9.17, 15) is 14.4 Å². The van der Waals surface area contributed by atoms with E-state index >= 15 is 0 Å². The van der Waals surface area contributed by atoms with Crippen molar-refractivity contribution in [2.24, 2.45) is 5.92 Å². The van der Waals surface area contributed by atoms with Crippen LogP contribution in [0.25, 0.3) is 10.8 Å². The Morgan fingerprint density at radius 3 is 2.50 bits per heavy atom. The molecule has 1 atom stereocenters. The summed E-state index contributed by atoms with van der Waals surface area (Å²) in [6.07, 6.45) is 0.433. The molecular weight excluding hydrogens is 310 g/mol. The first kappa shape index (κ1) is 16.2. The number of aromatic nitrogens is 2. The van der Waals surface area contributed by atoms with Crippen molar-refractivity contribution in [1.29, 1.82) is 0 Å². The van der Waals surface area contributed by atoms with E-state index in [2.05, 4.69) is 5.10 Å². The van der Waals surface area contributed by atoms with E-state index in [0.29, 0.717) is 23.7 Å². The first-order valence-electron chi connectivity index (χ1n) is 7.93. The van der Waals surface area contributed by atoms with Gasteiger partial charge in [-0.3, -0.25) is 14.4 Å². The van der Waals surface area contributed by atoms with Crippen molar-refractivity contribution in [3.05, 3.63) is 40.3 Å². The molecule has 0 spiro atoms. The third-order valence-electron chi connectivity index (χ3n) is 4.34. The average molecular weight is 329 g/mol. The highest BCUT2D eigenvalue weighted by Gasteiger charge is 2.33. The van der Waals surface area contributed by atoms with Crippen LogP contribution in [0.4, 0.5) is 0 Å². The quantitative estimate of drug-likeness (QED) is 0.922. The van der Waals surface area contributed by atoms with E-state index < -0.39 is 11.9 Å². The molecule has 1 fully saturated rings. The fraction of sp³-hybridized carbons (Fsp3) is 0.412. The summed E-state index contributed by atoms with van der Waals surface area (Å²) in [5, 5.41) is 14.3. The monoisotopic (exact) mass is 329 g/mol. The molecule has 2 heterocycles. The van der Waals surface area contributed by atoms with Crippen molar-refractivity contribution in [2.45, 2.75) is 26.3 Å². The molecule has 1 aromatic heterocycles. The molecule has 1 aliphatic rings. The van der Waals surface area contributed by atoms with Gasteiger partial charge in [0.05, 0.1) is 17.3 Å². The lowest BCUT2D eigenvalue weighted by Crippen LogP contribution is -2.34. The number of nitrogens with zero attached hydrogens (tertiary/aromatic N) is 3. The predicted molar refractivity (Wildman–Crippen MR) is 88.0 cm³/mol. The highest BCUT2D eigenvalue weighted by molar-refractivity contribution is 6.05. The maximum atomic E-state index is 12.9. The van der Waals surface area contributed by atoms with Gasteiger partial charge in [0, 0.05) is 18.5 Å². The molecule has 126 valence electrons. The van der Waals surface area contributed by atoms with E-state index in [1.165, 1.54) is 9.58 Å². The van der Waals surface area contributed by atoms with Gasteiger partial charge in [0.1, 0.15) is 0 Å². The van der Waals surface area contributed by atoms with Gasteiger partial charge in [-0.15, -0.1) is 0 Å². The van der Waals surface area contributed by atoms with Crippen molar-refractivity contribution in [3.63, 3.8) is 0 Å². The fourth-order valence-corrected chi connectivity index (χ4v) is 3.01. The second-order valence-corrected chi connectivity index (χ2v) is 6.31. The number of rotatable bonds is 3. The molecule has 3 rings (SSSR count). The van der Waals surface area contributed by atoms with Crippen LogP contribution in [0.3, 0.4) is 0 Å². The van der Waals surface area contributed by atoms with Crippen molar-refractivity contribution in [2.75, 3.05) is 13.1 Å². The molecule has 1 saturated heterocycles. The number of fused-ring (bicyclic) bond motifs is 1. The highest BCUT2D eigenvalue weighted by Crippen LogP contribution is 2.21. The smallest absolute Gasteiger partial charge is 0.308 e. The van der Waals surface area contributed by atoms with Gasteiger partial charge in [-0.05, 0) is 26.3 Å². The normalized spacial score (nSPS) is 17.6. The molecule has 0 saturated carbocycles. The van der Waals surface area contributed by atoms with Gasteiger partial charge in [0.25, 0.3) is 11.5 Å². The minimum atomic E-state index is -0.893. The van der Waals surface area contributed by atoms with E-state index in [1.54, 1.807) is 24.3 Å². The topological polar surface area (TPSA) is 92.5 Å². The predicted octanol–water partition coefficient (Wildman–Crippen LogP) is 1.52. The van der Waals surface area contributed by atoms with Gasteiger partial charge in [-0.1, -0.05) is 18.2 Å². The lowest BCUT2D eigenvalue weighted by Gasteiger charge is -2.18. The van der Waals surface area contributed by atoms with Crippen LogP contribution < -0.4 is 5.56 Å². The van der Waals surface area contributed by atoms with Gasteiger partial charge >= 0.3 is 5.97 Å². The Bertz CT molecular complexity index is 872. The number of hydrogen-bond acceptors (Lipinski definition) is 4. The third kappa shape index (κ3) is 2.66. The average Bonchev–Trinajstić information content (AvgIpc) is 3.05. The third-order valence-corrected chi connectivity index (χ3v) is 4.34. The number of likely N-dealkylation sites (tertiary alicyclic amines) is 1. The number of carboxylic acids is 1. The Morgan fingerprint density at radius 2 is 1.92 bits per heavy atom. The molecule has 0 aliphatic carbocycles. The Hall–Kier alpha value is -2.70. The SMILES string of the molecule is CC(C)n1nc(C(=O)N2CC[C@@H](C(=O)O)C2)c2ccccc2c1=O. The number of carboxylic acid groups (broad SMARTS) is 1. The van der Waals surface area contributed by atoms with E-state index in [4.69, 9.17) is 5.11 Å². The summed E-state index contributed by atoms with van der Waals surface area (Å²) in [5.41, 5.74) is -0.0353. The van der Waals surface area contributed by atoms with Crippen LogP contribution in [0.5, 0.6) is 0 Å². The summed E-state index contributed by atoms with van der Waals surface area (Å²) in [4.78, 5) is 38.0. The van der Waals surface area contributed by atoms with Gasteiger partial charge in [0.2, 0.25) is 0 Å². The molecular formula is C17H19N3O4. The Morgan fingerprint density at radius 1 is 1.25 bits per heavy atom. The molecule has 2 aromatic rings. The largest absolute Gasteiger partial charge is 0.481 e. The number of aliphatic carboxylic acids is 1. The Balaban J connectivity index is 2.09. The Kier molecular flexibility index (Phi) is 4.09. The van der Waals surface area contributed by atoms with Crippen LogP contribution in [0.2, 0.25) is 0 Å². The standard InChI is InChI=1S/C17H19N3O4/c1-10(2)20-15(21)13-6-4-3-5-12(13)14(18-20)16(22)19-8-7-11(9-19)17(23)24/h3-6,10-11H,7-9H2,1-2H3,(H,23,24)/t11-/m1/s1. The zero-order valence-electron chi connectivity index (χ0n) is 13.6. The molecule has 7 nitrogen and oxygen atoms in total. The molecule has 24 heavy (non-hydrogen) atoms. The van der Waals surface area contributed by atoms with Crippen LogP contribution in [-0.4, -0.2) is 44.8 Å². The molecule has 1 N–H and O–H groups in total. The molecule has 1 aromatic carbocycles. The molecule has 7 heteroatoms. The lowest BCUT2D eigenvalue weighted by atomic mass is 10.1. The summed E-state index contributed by atoms with van der Waals surface area (Å²) >= 11 is 0. The Labute approximate surface area is 138 Å². The summed E-state index contributed by atoms with van der Waals surface area (Å²) in [6, 6.07) is 6.70. The van der Waals surface area contributed by atoms with Crippen molar-refractivity contribution < 1.29 is 14.7 Å². The van der Waals surface area contributed by atoms with Gasteiger partial charge in [0.15, 0.2) is 5.69 Å². The van der Waals surface area contributed by atoms with Crippen LogP contribution in [0.15, 0.2) is 29.1 Å². The summed E-state index contributed by atoms with van der Waals surface area (Å²) in [7, 11) is 0. The zero-order chi connectivity index (χ0) is 17.4. The number of hydrogen-bond donors (Lipinski definition) is 1. The lowest BCUT2D eigenvalue weighted by molar-refractivity contribution is -0.141. The zero-order valence-corrected chi connectivity index (χ0v) is 13.6. The summed E-state index contributed by atoms with van der Waals surface area (Å²) in [6.45, 7) is 4.21. The number of carbonyl (C=O) groups excluding carboxylic acids is 1. The fourth-order valence-electron chi connectivity index (χ4n) is 3.01. The molecule has 1 aliphatic heterocycles. The highest BCUT2D eigenvalue weighted by atomic mass is 16.4. The second-order valence-electron chi connectivity index (χ2n) is 6.31. The minimum absolute atomic E-state index is 0.172. The summed E-state index contributed by atoms with van der Waals surface area (Å²) in [5.74, 6) is -1.77. The van der Waals surface area contributed by atoms with Crippen LogP contribution in [-0.2, 0) is 4.79 Å². The first-order chi connectivity index (χ1) is 11.4. The van der Waals surface area contributed by atoms with Crippen molar-refractivity contribution >= 4 is 22.6 Å². The van der Waals surface area contributed by atoms with Crippen LogP contribution in [0, 0.1) is 5.92 Å². The maximum Gasteiger partial charge on any atom is 0.308 e. The number of benzene rings is 1. The van der Waals surface area contributed by atoms with Crippen molar-refractivity contribution in [3.8, 4) is 0 Å². The van der Waals surface area contributed by atoms with Gasteiger partial charge in [-0.25, -0.2) is 4.68 Å². The first-order valence-corrected chi connectivity index (χ1v) is 7.93. The maximum absolute atomic E-state index is 12.9. The van der Waals surface area contributed by atoms with Crippen molar-refractivity contribution in [1.82, 2.24) is 14.7 Å². The molecule has 0 bridgehead atoms. The second kappa shape index (κ2) is 6.07. The van der Waals surface area contributed by atoms with Crippen LogP contribution in [0.1, 0.15) is 36.8 Å². The molecule has 0 radical (unpaired) electrons. The van der Waals surface area contributed by atoms with E-state index in [-0.39, 0.29) is 29.7 Å². The van der Waals surface area contributed by atoms with Crippen LogP contribution >= 0.6 is 0 Å². The van der Waals surface area contributed by atoms with Gasteiger partial charge < -0.3 is 10.0 Å². The van der Waals surface area contributed by atoms with Gasteiger partial charge in [-0.2, -0.15) is 5.10 Å². The molecule has 1 amide bonds. The summed E-state index contributed by atoms with van der Waals surface area (Å²) < 4.78 is 1.31. The number of amides is 1.